The minimum atomic E-state index is -0.756. The topological polar surface area (TPSA) is 20.3 Å². The molecule has 0 aliphatic carbocycles. The van der Waals surface area contributed by atoms with E-state index < -0.39 is 11.6 Å². The molecule has 0 spiro atoms. The number of hydrogen-bond acceptors (Lipinski definition) is 1. The van der Waals surface area contributed by atoms with Gasteiger partial charge >= 0.3 is 0 Å². The summed E-state index contributed by atoms with van der Waals surface area (Å²) in [6.07, 6.45) is 0.304. The van der Waals surface area contributed by atoms with Gasteiger partial charge in [-0.3, -0.25) is 4.79 Å². The van der Waals surface area contributed by atoms with Crippen LogP contribution in [0.3, 0.4) is 0 Å². The Hall–Kier alpha value is -0.680. The first-order valence-corrected chi connectivity index (χ1v) is 6.37. The first-order chi connectivity index (χ1) is 8.04. The summed E-state index contributed by atoms with van der Waals surface area (Å²) in [6.45, 7) is 0.372. The quantitative estimate of drug-likeness (QED) is 0.604. The van der Waals surface area contributed by atoms with Crippen LogP contribution in [-0.4, -0.2) is 18.3 Å². The second-order valence-corrected chi connectivity index (χ2v) is 5.02. The van der Waals surface area contributed by atoms with E-state index >= 15 is 0 Å². The fourth-order valence-electron chi connectivity index (χ4n) is 1.84. The summed E-state index contributed by atoms with van der Waals surface area (Å²) in [4.78, 5) is 13.0. The Morgan fingerprint density at radius 1 is 1.47 bits per heavy atom. The molecule has 1 unspecified atom stereocenters. The predicted octanol–water partition coefficient (Wildman–Crippen LogP) is 3.32. The third-order valence-corrected chi connectivity index (χ3v) is 3.89. The number of nitrogens with zero attached hydrogens (tertiary/aromatic N) is 1. The Bertz CT molecular complexity index is 469. The van der Waals surface area contributed by atoms with E-state index in [1.165, 1.54) is 11.0 Å². The second kappa shape index (κ2) is 4.90. The van der Waals surface area contributed by atoms with Gasteiger partial charge in [0.25, 0.3) is 0 Å². The molecule has 92 valence electrons. The third-order valence-electron chi connectivity index (χ3n) is 2.73. The Labute approximate surface area is 111 Å². The molecule has 2 rings (SSSR count). The second-order valence-electron chi connectivity index (χ2n) is 3.92. The lowest BCUT2D eigenvalue weighted by atomic mass is 10.1. The van der Waals surface area contributed by atoms with Crippen LogP contribution in [0.25, 0.3) is 0 Å². The number of anilines is 1. The molecule has 0 bridgehead atoms. The number of halogens is 4. The summed E-state index contributed by atoms with van der Waals surface area (Å²) < 4.78 is 26.6. The lowest BCUT2D eigenvalue weighted by Gasteiger charge is -2.17. The van der Waals surface area contributed by atoms with Crippen LogP contribution in [0.1, 0.15) is 6.42 Å². The average molecular weight is 325 g/mol. The zero-order valence-corrected chi connectivity index (χ0v) is 11.1. The lowest BCUT2D eigenvalue weighted by Crippen LogP contribution is -2.25. The molecule has 17 heavy (non-hydrogen) atoms. The van der Waals surface area contributed by atoms with E-state index in [1.807, 2.05) is 0 Å². The molecule has 1 fully saturated rings. The number of hydrogen-bond donors (Lipinski definition) is 0. The van der Waals surface area contributed by atoms with E-state index in [1.54, 1.807) is 0 Å². The highest BCUT2D eigenvalue weighted by molar-refractivity contribution is 9.10. The maximum atomic E-state index is 13.8. The molecule has 1 aromatic carbocycles. The predicted molar refractivity (Wildman–Crippen MR) is 65.2 cm³/mol. The van der Waals surface area contributed by atoms with Crippen molar-refractivity contribution in [1.82, 2.24) is 0 Å². The van der Waals surface area contributed by atoms with Crippen LogP contribution in [0.15, 0.2) is 16.6 Å². The maximum absolute atomic E-state index is 13.8. The van der Waals surface area contributed by atoms with Crippen molar-refractivity contribution in [2.75, 3.05) is 17.3 Å². The third kappa shape index (κ3) is 2.31. The Morgan fingerprint density at radius 2 is 2.18 bits per heavy atom. The van der Waals surface area contributed by atoms with E-state index in [4.69, 9.17) is 11.6 Å². The molecule has 6 heteroatoms. The molecule has 0 radical (unpaired) electrons. The normalized spacial score (nSPS) is 20.1. The van der Waals surface area contributed by atoms with Gasteiger partial charge in [-0.25, -0.2) is 8.78 Å². The first-order valence-electron chi connectivity index (χ1n) is 5.04. The minimum absolute atomic E-state index is 0.0207. The molecule has 1 heterocycles. The molecule has 2 nitrogen and oxygen atoms in total. The molecule has 1 aliphatic heterocycles. The van der Waals surface area contributed by atoms with Gasteiger partial charge in [-0.05, 0) is 34.0 Å². The number of benzene rings is 1. The van der Waals surface area contributed by atoms with Crippen LogP contribution >= 0.6 is 27.5 Å². The smallest absolute Gasteiger partial charge is 0.227 e. The first kappa shape index (κ1) is 12.8. The highest BCUT2D eigenvalue weighted by atomic mass is 79.9. The van der Waals surface area contributed by atoms with Gasteiger partial charge in [0, 0.05) is 18.8 Å². The number of alkyl halides is 1. The summed E-state index contributed by atoms with van der Waals surface area (Å²) in [5, 5.41) is 0. The lowest BCUT2D eigenvalue weighted by molar-refractivity contribution is -0.117. The maximum Gasteiger partial charge on any atom is 0.227 e. The fourth-order valence-corrected chi connectivity index (χ4v) is 2.38. The van der Waals surface area contributed by atoms with E-state index in [2.05, 4.69) is 15.9 Å². The van der Waals surface area contributed by atoms with Crippen molar-refractivity contribution in [3.05, 3.63) is 28.2 Å². The monoisotopic (exact) mass is 323 g/mol. The standard InChI is InChI=1S/C11H9BrClF2NO/c12-10-7(14)1-2-8(11(10)15)16-5-6(4-13)3-9(16)17/h1-2,6H,3-5H2. The number of carbonyl (C=O) groups is 1. The van der Waals surface area contributed by atoms with Crippen molar-refractivity contribution in [2.24, 2.45) is 5.92 Å². The Kier molecular flexibility index (Phi) is 3.68. The summed E-state index contributed by atoms with van der Waals surface area (Å²) in [6, 6.07) is 2.40. The van der Waals surface area contributed by atoms with E-state index in [-0.39, 0.29) is 22.0 Å². The molecule has 1 aliphatic rings. The van der Waals surface area contributed by atoms with Crippen LogP contribution in [0.4, 0.5) is 14.5 Å². The van der Waals surface area contributed by atoms with Gasteiger partial charge in [0.05, 0.1) is 10.2 Å². The number of rotatable bonds is 2. The molecule has 1 atom stereocenters. The molecular formula is C11H9BrClF2NO. The molecule has 0 saturated carbocycles. The molecule has 1 saturated heterocycles. The van der Waals surface area contributed by atoms with Crippen LogP contribution < -0.4 is 4.90 Å². The van der Waals surface area contributed by atoms with Crippen molar-refractivity contribution in [3.8, 4) is 0 Å². The molecule has 1 aromatic rings. The summed E-state index contributed by atoms with van der Waals surface area (Å²) in [7, 11) is 0. The molecule has 1 amide bonds. The summed E-state index contributed by atoms with van der Waals surface area (Å²) in [5.74, 6) is -1.26. The zero-order valence-electron chi connectivity index (χ0n) is 8.72. The van der Waals surface area contributed by atoms with E-state index in [0.717, 1.165) is 6.07 Å². The van der Waals surface area contributed by atoms with Crippen LogP contribution in [0.2, 0.25) is 0 Å². The van der Waals surface area contributed by atoms with Crippen molar-refractivity contribution >= 4 is 39.1 Å². The Morgan fingerprint density at radius 3 is 2.76 bits per heavy atom. The largest absolute Gasteiger partial charge is 0.309 e. The van der Waals surface area contributed by atoms with Crippen molar-refractivity contribution in [2.45, 2.75) is 6.42 Å². The van der Waals surface area contributed by atoms with Gasteiger partial charge in [-0.15, -0.1) is 11.6 Å². The highest BCUT2D eigenvalue weighted by Gasteiger charge is 2.32. The van der Waals surface area contributed by atoms with Gasteiger partial charge in [0.1, 0.15) is 5.82 Å². The summed E-state index contributed by atoms with van der Waals surface area (Å²) >= 11 is 8.50. The number of carbonyl (C=O) groups excluding carboxylic acids is 1. The zero-order chi connectivity index (χ0) is 12.6. The van der Waals surface area contributed by atoms with Crippen molar-refractivity contribution < 1.29 is 13.6 Å². The van der Waals surface area contributed by atoms with E-state index in [9.17, 15) is 13.6 Å². The van der Waals surface area contributed by atoms with Crippen molar-refractivity contribution in [1.29, 1.82) is 0 Å². The van der Waals surface area contributed by atoms with E-state index in [0.29, 0.717) is 18.8 Å². The minimum Gasteiger partial charge on any atom is -0.309 e. The molecule has 0 aromatic heterocycles. The van der Waals surface area contributed by atoms with Gasteiger partial charge in [-0.2, -0.15) is 0 Å². The Balaban J connectivity index is 2.35. The van der Waals surface area contributed by atoms with Crippen molar-refractivity contribution in [3.63, 3.8) is 0 Å². The van der Waals surface area contributed by atoms with Crippen LogP contribution in [0, 0.1) is 17.6 Å². The van der Waals surface area contributed by atoms with Gasteiger partial charge < -0.3 is 4.90 Å². The van der Waals surface area contributed by atoms with Gasteiger partial charge in [0.15, 0.2) is 5.82 Å². The average Bonchev–Trinajstić information content (AvgIpc) is 2.68. The summed E-state index contributed by atoms with van der Waals surface area (Å²) in [5.41, 5.74) is 0.0934. The molecular weight excluding hydrogens is 315 g/mol. The SMILES string of the molecule is O=C1CC(CCl)CN1c1ccc(F)c(Br)c1F. The van der Waals surface area contributed by atoms with Gasteiger partial charge in [0.2, 0.25) is 5.91 Å². The fraction of sp³-hybridized carbons (Fsp3) is 0.364. The molecule has 0 N–H and O–H groups in total. The van der Waals surface area contributed by atoms with Crippen LogP contribution in [0.5, 0.6) is 0 Å². The number of amides is 1. The van der Waals surface area contributed by atoms with Gasteiger partial charge in [-0.1, -0.05) is 0 Å². The van der Waals surface area contributed by atoms with Crippen LogP contribution in [-0.2, 0) is 4.79 Å². The highest BCUT2D eigenvalue weighted by Crippen LogP contribution is 2.32.